The standard InChI is InChI=1S/C11H13Cl2NO3/c1-17-6-5-14-10(11(15)16)9-7(12)3-2-4-8(9)13/h2-4,10,14H,5-6H2,1H3,(H,15,16). The molecular formula is C11H13Cl2NO3. The second kappa shape index (κ2) is 6.81. The maximum absolute atomic E-state index is 11.2. The quantitative estimate of drug-likeness (QED) is 0.784. The Morgan fingerprint density at radius 1 is 1.47 bits per heavy atom. The fourth-order valence-electron chi connectivity index (χ4n) is 1.40. The van der Waals surface area contributed by atoms with E-state index in [1.807, 2.05) is 0 Å². The van der Waals surface area contributed by atoms with Gasteiger partial charge in [0.25, 0.3) is 0 Å². The van der Waals surface area contributed by atoms with Gasteiger partial charge in [0, 0.05) is 29.3 Å². The van der Waals surface area contributed by atoms with Crippen LogP contribution in [-0.4, -0.2) is 31.3 Å². The van der Waals surface area contributed by atoms with Gasteiger partial charge in [0.15, 0.2) is 0 Å². The molecule has 0 heterocycles. The topological polar surface area (TPSA) is 58.6 Å². The number of benzene rings is 1. The van der Waals surface area contributed by atoms with Crippen molar-refractivity contribution < 1.29 is 14.6 Å². The first kappa shape index (κ1) is 14.3. The van der Waals surface area contributed by atoms with Crippen molar-refractivity contribution in [3.05, 3.63) is 33.8 Å². The Hall–Kier alpha value is -0.810. The van der Waals surface area contributed by atoms with E-state index in [4.69, 9.17) is 33.0 Å². The van der Waals surface area contributed by atoms with Crippen LogP contribution in [0.3, 0.4) is 0 Å². The van der Waals surface area contributed by atoms with Gasteiger partial charge in [0.1, 0.15) is 6.04 Å². The molecule has 2 N–H and O–H groups in total. The summed E-state index contributed by atoms with van der Waals surface area (Å²) >= 11 is 11.9. The third-order valence-corrected chi connectivity index (χ3v) is 2.85. The van der Waals surface area contributed by atoms with Crippen LogP contribution in [0.1, 0.15) is 11.6 Å². The monoisotopic (exact) mass is 277 g/mol. The SMILES string of the molecule is COCCNC(C(=O)O)c1c(Cl)cccc1Cl. The minimum atomic E-state index is -1.03. The van der Waals surface area contributed by atoms with Crippen molar-refractivity contribution in [1.82, 2.24) is 5.32 Å². The summed E-state index contributed by atoms with van der Waals surface area (Å²) in [6, 6.07) is 3.95. The first-order valence-corrected chi connectivity index (χ1v) is 5.72. The summed E-state index contributed by atoms with van der Waals surface area (Å²) in [7, 11) is 1.54. The highest BCUT2D eigenvalue weighted by Gasteiger charge is 2.24. The molecule has 0 saturated heterocycles. The lowest BCUT2D eigenvalue weighted by Gasteiger charge is -2.17. The smallest absolute Gasteiger partial charge is 0.325 e. The zero-order valence-corrected chi connectivity index (χ0v) is 10.8. The number of hydrogen-bond acceptors (Lipinski definition) is 3. The Labute approximate surface area is 109 Å². The second-order valence-corrected chi connectivity index (χ2v) is 4.17. The third-order valence-electron chi connectivity index (χ3n) is 2.19. The molecule has 0 fully saturated rings. The van der Waals surface area contributed by atoms with E-state index in [2.05, 4.69) is 5.32 Å². The fraction of sp³-hybridized carbons (Fsp3) is 0.364. The van der Waals surface area contributed by atoms with Crippen LogP contribution in [0.4, 0.5) is 0 Å². The average molecular weight is 278 g/mol. The van der Waals surface area contributed by atoms with Crippen molar-refractivity contribution in [1.29, 1.82) is 0 Å². The van der Waals surface area contributed by atoms with Crippen molar-refractivity contribution in [3.8, 4) is 0 Å². The van der Waals surface area contributed by atoms with E-state index in [1.165, 1.54) is 0 Å². The molecule has 94 valence electrons. The molecule has 1 aromatic carbocycles. The zero-order valence-electron chi connectivity index (χ0n) is 9.24. The number of aliphatic carboxylic acids is 1. The van der Waals surface area contributed by atoms with Crippen LogP contribution in [0, 0.1) is 0 Å². The van der Waals surface area contributed by atoms with Gasteiger partial charge in [-0.25, -0.2) is 0 Å². The number of halogens is 2. The highest BCUT2D eigenvalue weighted by Crippen LogP contribution is 2.30. The lowest BCUT2D eigenvalue weighted by molar-refractivity contribution is -0.139. The molecule has 0 amide bonds. The van der Waals surface area contributed by atoms with Crippen LogP contribution in [0.2, 0.25) is 10.0 Å². The number of nitrogens with one attached hydrogen (secondary N) is 1. The third kappa shape index (κ3) is 3.85. The van der Waals surface area contributed by atoms with Gasteiger partial charge in [-0.2, -0.15) is 0 Å². The predicted octanol–water partition coefficient (Wildman–Crippen LogP) is 2.36. The van der Waals surface area contributed by atoms with Gasteiger partial charge in [-0.3, -0.25) is 10.1 Å². The fourth-order valence-corrected chi connectivity index (χ4v) is 2.02. The summed E-state index contributed by atoms with van der Waals surface area (Å²) in [4.78, 5) is 11.2. The van der Waals surface area contributed by atoms with Gasteiger partial charge in [-0.05, 0) is 12.1 Å². The minimum Gasteiger partial charge on any atom is -0.480 e. The van der Waals surface area contributed by atoms with E-state index in [0.717, 1.165) is 0 Å². The van der Waals surface area contributed by atoms with Crippen molar-refractivity contribution in [2.24, 2.45) is 0 Å². The maximum Gasteiger partial charge on any atom is 0.325 e. The predicted molar refractivity (Wildman–Crippen MR) is 66.7 cm³/mol. The lowest BCUT2D eigenvalue weighted by atomic mass is 10.1. The Morgan fingerprint density at radius 3 is 2.53 bits per heavy atom. The molecule has 1 aromatic rings. The van der Waals surface area contributed by atoms with E-state index in [1.54, 1.807) is 25.3 Å². The van der Waals surface area contributed by atoms with Crippen LogP contribution in [0.25, 0.3) is 0 Å². The normalized spacial score (nSPS) is 12.4. The van der Waals surface area contributed by atoms with E-state index >= 15 is 0 Å². The molecule has 1 rings (SSSR count). The summed E-state index contributed by atoms with van der Waals surface area (Å²) in [5, 5.41) is 12.6. The summed E-state index contributed by atoms with van der Waals surface area (Å²) < 4.78 is 4.85. The zero-order chi connectivity index (χ0) is 12.8. The van der Waals surface area contributed by atoms with Crippen LogP contribution in [0.5, 0.6) is 0 Å². The van der Waals surface area contributed by atoms with Crippen molar-refractivity contribution in [2.75, 3.05) is 20.3 Å². The molecule has 0 aliphatic rings. The minimum absolute atomic E-state index is 0.329. The molecule has 0 aromatic heterocycles. The highest BCUT2D eigenvalue weighted by atomic mass is 35.5. The van der Waals surface area contributed by atoms with Crippen LogP contribution in [0.15, 0.2) is 18.2 Å². The Bertz CT molecular complexity index is 378. The second-order valence-electron chi connectivity index (χ2n) is 3.35. The maximum atomic E-state index is 11.2. The molecule has 17 heavy (non-hydrogen) atoms. The van der Waals surface area contributed by atoms with Gasteiger partial charge in [0.05, 0.1) is 6.61 Å². The molecular weight excluding hydrogens is 265 g/mol. The van der Waals surface area contributed by atoms with E-state index in [-0.39, 0.29) is 0 Å². The highest BCUT2D eigenvalue weighted by molar-refractivity contribution is 6.36. The number of methoxy groups -OCH3 is 1. The largest absolute Gasteiger partial charge is 0.480 e. The van der Waals surface area contributed by atoms with Gasteiger partial charge >= 0.3 is 5.97 Å². The Morgan fingerprint density at radius 2 is 2.06 bits per heavy atom. The van der Waals surface area contributed by atoms with Crippen molar-refractivity contribution in [3.63, 3.8) is 0 Å². The molecule has 1 unspecified atom stereocenters. The number of carbonyl (C=O) groups is 1. The Balaban J connectivity index is 2.93. The molecule has 0 bridgehead atoms. The molecule has 1 atom stereocenters. The number of carboxylic acids is 1. The summed E-state index contributed by atoms with van der Waals surface area (Å²) in [5.41, 5.74) is 0.374. The first-order valence-electron chi connectivity index (χ1n) is 4.97. The summed E-state index contributed by atoms with van der Waals surface area (Å²) in [5.74, 6) is -1.03. The molecule has 0 spiro atoms. The van der Waals surface area contributed by atoms with E-state index < -0.39 is 12.0 Å². The first-order chi connectivity index (χ1) is 8.07. The lowest BCUT2D eigenvalue weighted by Crippen LogP contribution is -2.31. The van der Waals surface area contributed by atoms with Crippen molar-refractivity contribution >= 4 is 29.2 Å². The average Bonchev–Trinajstić information content (AvgIpc) is 2.26. The van der Waals surface area contributed by atoms with Gasteiger partial charge in [0.2, 0.25) is 0 Å². The summed E-state index contributed by atoms with van der Waals surface area (Å²) in [6.45, 7) is 0.806. The number of rotatable bonds is 6. The molecule has 4 nitrogen and oxygen atoms in total. The van der Waals surface area contributed by atoms with Crippen LogP contribution < -0.4 is 5.32 Å². The van der Waals surface area contributed by atoms with Gasteiger partial charge < -0.3 is 9.84 Å². The van der Waals surface area contributed by atoms with Gasteiger partial charge in [-0.1, -0.05) is 29.3 Å². The van der Waals surface area contributed by atoms with Crippen LogP contribution in [-0.2, 0) is 9.53 Å². The molecule has 0 aliphatic heterocycles. The molecule has 0 aliphatic carbocycles. The number of hydrogen-bond donors (Lipinski definition) is 2. The molecule has 0 radical (unpaired) electrons. The molecule has 6 heteroatoms. The van der Waals surface area contributed by atoms with E-state index in [0.29, 0.717) is 28.8 Å². The van der Waals surface area contributed by atoms with Crippen molar-refractivity contribution in [2.45, 2.75) is 6.04 Å². The molecule has 0 saturated carbocycles. The van der Waals surface area contributed by atoms with E-state index in [9.17, 15) is 4.79 Å². The Kier molecular flexibility index (Phi) is 5.71. The van der Waals surface area contributed by atoms with Gasteiger partial charge in [-0.15, -0.1) is 0 Å². The number of ether oxygens (including phenoxy) is 1. The van der Waals surface area contributed by atoms with Crippen LogP contribution >= 0.6 is 23.2 Å². The number of carboxylic acid groups (broad SMARTS) is 1. The summed E-state index contributed by atoms with van der Waals surface area (Å²) in [6.07, 6.45) is 0.